The van der Waals surface area contributed by atoms with Gasteiger partial charge in [-0.25, -0.2) is 0 Å². The van der Waals surface area contributed by atoms with Gasteiger partial charge in [-0.3, -0.25) is 14.6 Å². The van der Waals surface area contributed by atoms with Crippen molar-refractivity contribution in [2.24, 2.45) is 0 Å². The lowest BCUT2D eigenvalue weighted by atomic mass is 9.89. The Bertz CT molecular complexity index is 1560. The topological polar surface area (TPSA) is 95.4 Å². The number of hydrogen-bond acceptors (Lipinski definition) is 7. The quantitative estimate of drug-likeness (QED) is 0.342. The van der Waals surface area contributed by atoms with Crippen molar-refractivity contribution in [3.05, 3.63) is 83.7 Å². The SMILES string of the molecule is O=C(c1cnccc1C(F)(F)F)N1CCC[C@@](Oc2ccc(C(F)(F)F)cc2)(C(=O)N2CCN(c3ccccc3OCCO)CC2)C1. The summed E-state index contributed by atoms with van der Waals surface area (Å²) in [5, 5.41) is 9.17. The Morgan fingerprint density at radius 1 is 0.872 bits per heavy atom. The Balaban J connectivity index is 1.41. The molecule has 0 radical (unpaired) electrons. The van der Waals surface area contributed by atoms with Gasteiger partial charge in [-0.1, -0.05) is 12.1 Å². The van der Waals surface area contributed by atoms with Gasteiger partial charge in [0, 0.05) is 45.1 Å². The van der Waals surface area contributed by atoms with E-state index in [2.05, 4.69) is 4.98 Å². The molecule has 0 unspecified atom stereocenters. The molecule has 2 aliphatic rings. The molecule has 252 valence electrons. The molecule has 2 saturated heterocycles. The van der Waals surface area contributed by atoms with Gasteiger partial charge in [0.15, 0.2) is 0 Å². The molecule has 2 fully saturated rings. The Labute approximate surface area is 266 Å². The second-order valence-electron chi connectivity index (χ2n) is 11.2. The second-order valence-corrected chi connectivity index (χ2v) is 11.2. The summed E-state index contributed by atoms with van der Waals surface area (Å²) < 4.78 is 92.8. The fourth-order valence-electron chi connectivity index (χ4n) is 5.85. The zero-order valence-corrected chi connectivity index (χ0v) is 25.1. The van der Waals surface area contributed by atoms with E-state index < -0.39 is 53.0 Å². The molecule has 0 spiro atoms. The van der Waals surface area contributed by atoms with Crippen LogP contribution >= 0.6 is 0 Å². The lowest BCUT2D eigenvalue weighted by molar-refractivity contribution is -0.153. The highest BCUT2D eigenvalue weighted by molar-refractivity contribution is 5.96. The maximum atomic E-state index is 14.3. The van der Waals surface area contributed by atoms with Gasteiger partial charge in [-0.15, -0.1) is 0 Å². The summed E-state index contributed by atoms with van der Waals surface area (Å²) in [7, 11) is 0. The van der Waals surface area contributed by atoms with Crippen LogP contribution in [0.25, 0.3) is 0 Å². The van der Waals surface area contributed by atoms with E-state index in [-0.39, 0.29) is 51.4 Å². The van der Waals surface area contributed by atoms with Crippen molar-refractivity contribution in [1.82, 2.24) is 14.8 Å². The molecule has 3 aromatic rings. The third-order valence-electron chi connectivity index (χ3n) is 8.11. The molecule has 1 atom stereocenters. The molecule has 0 bridgehead atoms. The summed E-state index contributed by atoms with van der Waals surface area (Å²) in [4.78, 5) is 36.1. The highest BCUT2D eigenvalue weighted by atomic mass is 19.4. The third-order valence-corrected chi connectivity index (χ3v) is 8.11. The summed E-state index contributed by atoms with van der Waals surface area (Å²) >= 11 is 0. The predicted octanol–water partition coefficient (Wildman–Crippen LogP) is 4.89. The number of carbonyl (C=O) groups is 2. The number of pyridine rings is 1. The molecule has 1 aromatic heterocycles. The number of likely N-dealkylation sites (tertiary alicyclic amines) is 1. The van der Waals surface area contributed by atoms with Gasteiger partial charge in [-0.2, -0.15) is 26.3 Å². The minimum Gasteiger partial charge on any atom is -0.489 e. The molecular weight excluding hydrogens is 634 g/mol. The number of anilines is 1. The van der Waals surface area contributed by atoms with E-state index in [9.17, 15) is 41.0 Å². The summed E-state index contributed by atoms with van der Waals surface area (Å²) in [6, 6.07) is 11.7. The standard InChI is InChI=1S/C32H32F6N4O5/c33-31(34,35)22-6-8-23(9-7-22)47-30(11-3-13-42(21-30)28(44)24-20-39-12-10-25(24)32(36,37)38)29(45)41-16-14-40(15-17-41)26-4-1-2-5-27(26)46-19-18-43/h1-2,4-10,12,20,43H,3,11,13-19,21H2/t30-/m0/s1. The smallest absolute Gasteiger partial charge is 0.417 e. The van der Waals surface area contributed by atoms with Gasteiger partial charge < -0.3 is 29.3 Å². The van der Waals surface area contributed by atoms with Gasteiger partial charge in [0.05, 0.1) is 35.5 Å². The number of amides is 2. The van der Waals surface area contributed by atoms with Gasteiger partial charge in [-0.05, 0) is 55.3 Å². The fraction of sp³-hybridized carbons (Fsp3) is 0.406. The lowest BCUT2D eigenvalue weighted by Gasteiger charge is -2.45. The minimum atomic E-state index is -4.84. The van der Waals surface area contributed by atoms with E-state index in [0.29, 0.717) is 24.9 Å². The van der Waals surface area contributed by atoms with Crippen molar-refractivity contribution in [3.63, 3.8) is 0 Å². The number of para-hydroxylation sites is 2. The Morgan fingerprint density at radius 2 is 1.57 bits per heavy atom. The van der Waals surface area contributed by atoms with Crippen LogP contribution < -0.4 is 14.4 Å². The highest BCUT2D eigenvalue weighted by Gasteiger charge is 2.49. The summed E-state index contributed by atoms with van der Waals surface area (Å²) in [6.07, 6.45) is -7.46. The van der Waals surface area contributed by atoms with Crippen molar-refractivity contribution < 1.29 is 50.5 Å². The van der Waals surface area contributed by atoms with Gasteiger partial charge in [0.25, 0.3) is 11.8 Å². The fourth-order valence-corrected chi connectivity index (χ4v) is 5.85. The first-order valence-corrected chi connectivity index (χ1v) is 14.9. The molecule has 15 heteroatoms. The van der Waals surface area contributed by atoms with Crippen LogP contribution in [0.2, 0.25) is 0 Å². The van der Waals surface area contributed by atoms with Gasteiger partial charge in [0.1, 0.15) is 18.1 Å². The maximum absolute atomic E-state index is 14.3. The molecule has 47 heavy (non-hydrogen) atoms. The Kier molecular flexibility index (Phi) is 9.84. The summed E-state index contributed by atoms with van der Waals surface area (Å²) in [5.74, 6) is -1.05. The minimum absolute atomic E-state index is 0.0226. The highest BCUT2D eigenvalue weighted by Crippen LogP contribution is 2.37. The molecular formula is C32H32F6N4O5. The number of carbonyl (C=O) groups excluding carboxylic acids is 2. The van der Waals surface area contributed by atoms with Gasteiger partial charge in [0.2, 0.25) is 5.60 Å². The first kappa shape index (κ1) is 33.8. The third kappa shape index (κ3) is 7.56. The number of aromatic nitrogens is 1. The van der Waals surface area contributed by atoms with E-state index in [1.54, 1.807) is 12.1 Å². The monoisotopic (exact) mass is 666 g/mol. The first-order chi connectivity index (χ1) is 22.3. The number of rotatable bonds is 8. The molecule has 2 aromatic carbocycles. The van der Waals surface area contributed by atoms with E-state index >= 15 is 0 Å². The number of hydrogen-bond donors (Lipinski definition) is 1. The molecule has 3 heterocycles. The molecule has 5 rings (SSSR count). The number of aliphatic hydroxyl groups excluding tert-OH is 1. The molecule has 2 aliphatic heterocycles. The van der Waals surface area contributed by atoms with Crippen LogP contribution in [-0.2, 0) is 17.1 Å². The molecule has 1 N–H and O–H groups in total. The average molecular weight is 667 g/mol. The zero-order chi connectivity index (χ0) is 33.8. The number of alkyl halides is 6. The Hall–Kier alpha value is -4.53. The number of piperazine rings is 1. The lowest BCUT2D eigenvalue weighted by Crippen LogP contribution is -2.64. The van der Waals surface area contributed by atoms with E-state index in [0.717, 1.165) is 47.2 Å². The number of ether oxygens (including phenoxy) is 2. The van der Waals surface area contributed by atoms with Crippen molar-refractivity contribution in [3.8, 4) is 11.5 Å². The zero-order valence-electron chi connectivity index (χ0n) is 25.1. The largest absolute Gasteiger partial charge is 0.489 e. The van der Waals surface area contributed by atoms with Crippen molar-refractivity contribution >= 4 is 17.5 Å². The van der Waals surface area contributed by atoms with Crippen LogP contribution in [0.4, 0.5) is 32.0 Å². The van der Waals surface area contributed by atoms with E-state index in [1.165, 1.54) is 4.90 Å². The van der Waals surface area contributed by atoms with Crippen molar-refractivity contribution in [2.45, 2.75) is 30.8 Å². The number of halogens is 6. The maximum Gasteiger partial charge on any atom is 0.417 e. The molecule has 0 saturated carbocycles. The Morgan fingerprint density at radius 3 is 2.23 bits per heavy atom. The van der Waals surface area contributed by atoms with Crippen LogP contribution in [-0.4, -0.2) is 89.8 Å². The van der Waals surface area contributed by atoms with Crippen LogP contribution in [0, 0.1) is 0 Å². The van der Waals surface area contributed by atoms with Crippen LogP contribution in [0.1, 0.15) is 34.3 Å². The molecule has 0 aliphatic carbocycles. The summed E-state index contributed by atoms with van der Waals surface area (Å²) in [6.45, 7) is 0.669. The van der Waals surface area contributed by atoms with E-state index in [4.69, 9.17) is 9.47 Å². The van der Waals surface area contributed by atoms with Crippen molar-refractivity contribution in [2.75, 3.05) is 57.4 Å². The number of nitrogens with zero attached hydrogens (tertiary/aromatic N) is 4. The summed E-state index contributed by atoms with van der Waals surface area (Å²) in [5.41, 5.74) is -3.83. The normalized spacial score (nSPS) is 19.0. The second kappa shape index (κ2) is 13.7. The molecule has 9 nitrogen and oxygen atoms in total. The van der Waals surface area contributed by atoms with Crippen LogP contribution in [0.15, 0.2) is 67.0 Å². The number of piperidine rings is 1. The predicted molar refractivity (Wildman–Crippen MR) is 157 cm³/mol. The molecule has 2 amide bonds. The van der Waals surface area contributed by atoms with Crippen molar-refractivity contribution in [1.29, 1.82) is 0 Å². The van der Waals surface area contributed by atoms with Gasteiger partial charge >= 0.3 is 12.4 Å². The first-order valence-electron chi connectivity index (χ1n) is 14.9. The number of aliphatic hydroxyl groups is 1. The average Bonchev–Trinajstić information content (AvgIpc) is 3.06. The van der Waals surface area contributed by atoms with E-state index in [1.807, 2.05) is 17.0 Å². The van der Waals surface area contributed by atoms with Crippen LogP contribution in [0.5, 0.6) is 11.5 Å². The number of benzene rings is 2. The van der Waals surface area contributed by atoms with Crippen LogP contribution in [0.3, 0.4) is 0 Å².